The summed E-state index contributed by atoms with van der Waals surface area (Å²) >= 11 is 2.45. The molecular formula is C16H16FN5OS2. The van der Waals surface area contributed by atoms with Gasteiger partial charge in [0.2, 0.25) is 5.13 Å². The summed E-state index contributed by atoms with van der Waals surface area (Å²) in [5, 5.41) is 11.9. The van der Waals surface area contributed by atoms with Crippen LogP contribution in [-0.4, -0.2) is 19.7 Å². The number of nitrogens with zero attached hydrogens (tertiary/aromatic N) is 4. The van der Waals surface area contributed by atoms with E-state index in [4.69, 9.17) is 0 Å². The second-order valence-corrected chi connectivity index (χ2v) is 7.91. The molecule has 9 heteroatoms. The van der Waals surface area contributed by atoms with E-state index < -0.39 is 0 Å². The molecule has 0 saturated heterocycles. The number of rotatable bonds is 6. The molecule has 2 heterocycles. The lowest BCUT2D eigenvalue weighted by molar-refractivity contribution is 0.502. The Balaban J connectivity index is 1.74. The van der Waals surface area contributed by atoms with Crippen LogP contribution in [0.3, 0.4) is 0 Å². The summed E-state index contributed by atoms with van der Waals surface area (Å²) in [5.41, 5.74) is 0.445. The molecule has 3 aromatic rings. The van der Waals surface area contributed by atoms with E-state index in [0.29, 0.717) is 32.6 Å². The molecule has 0 atom stereocenters. The van der Waals surface area contributed by atoms with Gasteiger partial charge in [0, 0.05) is 24.6 Å². The van der Waals surface area contributed by atoms with Gasteiger partial charge in [0.25, 0.3) is 5.56 Å². The number of nitrogens with one attached hydrogen (secondary N) is 1. The van der Waals surface area contributed by atoms with Gasteiger partial charge >= 0.3 is 0 Å². The van der Waals surface area contributed by atoms with Gasteiger partial charge in [-0.15, -0.1) is 10.2 Å². The maximum Gasteiger partial charge on any atom is 0.283 e. The molecule has 0 aliphatic carbocycles. The normalized spacial score (nSPS) is 11.0. The minimum Gasteiger partial charge on any atom is -0.330 e. The van der Waals surface area contributed by atoms with Crippen molar-refractivity contribution in [2.24, 2.45) is 5.92 Å². The lowest BCUT2D eigenvalue weighted by Gasteiger charge is -2.08. The summed E-state index contributed by atoms with van der Waals surface area (Å²) < 4.78 is 15.4. The SMILES string of the molecule is CC(C)Cn1ccnc(Sc2nnc(Nc3cccc(F)c3)s2)c1=O. The van der Waals surface area contributed by atoms with E-state index in [0.717, 1.165) is 0 Å². The molecule has 3 rings (SSSR count). The first-order chi connectivity index (χ1) is 12.0. The number of hydrogen-bond acceptors (Lipinski definition) is 7. The molecule has 0 saturated carbocycles. The highest BCUT2D eigenvalue weighted by Gasteiger charge is 2.12. The van der Waals surface area contributed by atoms with Crippen molar-refractivity contribution in [2.45, 2.75) is 29.8 Å². The first-order valence-corrected chi connectivity index (χ1v) is 9.24. The molecule has 1 aromatic carbocycles. The molecule has 0 aliphatic rings. The monoisotopic (exact) mass is 377 g/mol. The van der Waals surface area contributed by atoms with E-state index in [2.05, 4.69) is 34.3 Å². The molecular weight excluding hydrogens is 361 g/mol. The van der Waals surface area contributed by atoms with Crippen LogP contribution in [-0.2, 0) is 6.54 Å². The van der Waals surface area contributed by atoms with E-state index in [-0.39, 0.29) is 11.4 Å². The quantitative estimate of drug-likeness (QED) is 0.705. The van der Waals surface area contributed by atoms with Crippen molar-refractivity contribution in [3.05, 3.63) is 52.8 Å². The van der Waals surface area contributed by atoms with Crippen LogP contribution in [0.1, 0.15) is 13.8 Å². The third kappa shape index (κ3) is 4.64. The molecule has 0 radical (unpaired) electrons. The minimum atomic E-state index is -0.330. The number of aromatic nitrogens is 4. The smallest absolute Gasteiger partial charge is 0.283 e. The topological polar surface area (TPSA) is 72.7 Å². The Hall–Kier alpha value is -2.26. The van der Waals surface area contributed by atoms with Crippen LogP contribution in [0.5, 0.6) is 0 Å². The Kier molecular flexibility index (Phi) is 5.44. The van der Waals surface area contributed by atoms with Crippen molar-refractivity contribution in [3.63, 3.8) is 0 Å². The predicted molar refractivity (Wildman–Crippen MR) is 97.0 cm³/mol. The maximum atomic E-state index is 13.2. The van der Waals surface area contributed by atoms with Crippen molar-refractivity contribution in [1.29, 1.82) is 0 Å². The highest BCUT2D eigenvalue weighted by Crippen LogP contribution is 2.30. The van der Waals surface area contributed by atoms with Crippen molar-refractivity contribution < 1.29 is 4.39 Å². The molecule has 25 heavy (non-hydrogen) atoms. The van der Waals surface area contributed by atoms with Crippen LogP contribution < -0.4 is 10.9 Å². The zero-order chi connectivity index (χ0) is 17.8. The van der Waals surface area contributed by atoms with Gasteiger partial charge in [0.1, 0.15) is 5.82 Å². The Bertz CT molecular complexity index is 925. The maximum absolute atomic E-state index is 13.2. The van der Waals surface area contributed by atoms with Crippen LogP contribution >= 0.6 is 23.1 Å². The molecule has 0 aliphatic heterocycles. The lowest BCUT2D eigenvalue weighted by atomic mass is 10.2. The van der Waals surface area contributed by atoms with Gasteiger partial charge in [0.15, 0.2) is 9.37 Å². The average molecular weight is 377 g/mol. The van der Waals surface area contributed by atoms with Gasteiger partial charge < -0.3 is 9.88 Å². The minimum absolute atomic E-state index is 0.143. The predicted octanol–water partition coefficient (Wildman–Crippen LogP) is 3.78. The van der Waals surface area contributed by atoms with E-state index in [1.807, 2.05) is 0 Å². The Labute approximate surface area is 152 Å². The Morgan fingerprint density at radius 3 is 2.96 bits per heavy atom. The Morgan fingerprint density at radius 2 is 2.20 bits per heavy atom. The fraction of sp³-hybridized carbons (Fsp3) is 0.250. The average Bonchev–Trinajstić information content (AvgIpc) is 2.98. The van der Waals surface area contributed by atoms with Crippen molar-refractivity contribution >= 4 is 33.9 Å². The molecule has 1 N–H and O–H groups in total. The fourth-order valence-corrected chi connectivity index (χ4v) is 3.81. The highest BCUT2D eigenvalue weighted by molar-refractivity contribution is 8.01. The zero-order valence-corrected chi connectivity index (χ0v) is 15.3. The van der Waals surface area contributed by atoms with Crippen molar-refractivity contribution in [2.75, 3.05) is 5.32 Å². The van der Waals surface area contributed by atoms with E-state index in [9.17, 15) is 9.18 Å². The lowest BCUT2D eigenvalue weighted by Crippen LogP contribution is -2.23. The van der Waals surface area contributed by atoms with Crippen molar-refractivity contribution in [1.82, 2.24) is 19.7 Å². The van der Waals surface area contributed by atoms with Gasteiger partial charge in [-0.2, -0.15) is 0 Å². The van der Waals surface area contributed by atoms with Crippen LogP contribution in [0.4, 0.5) is 15.2 Å². The first kappa shape index (κ1) is 17.6. The van der Waals surface area contributed by atoms with Gasteiger partial charge in [-0.05, 0) is 35.9 Å². The first-order valence-electron chi connectivity index (χ1n) is 7.60. The standard InChI is InChI=1S/C16H16FN5OS2/c1-10(2)9-22-7-6-18-13(14(22)23)24-16-21-20-15(25-16)19-12-5-3-4-11(17)8-12/h3-8,10H,9H2,1-2H3,(H,19,20). The summed E-state index contributed by atoms with van der Waals surface area (Å²) in [7, 11) is 0. The number of halogens is 1. The largest absolute Gasteiger partial charge is 0.330 e. The molecule has 130 valence electrons. The van der Waals surface area contributed by atoms with Crippen LogP contribution in [0.25, 0.3) is 0 Å². The summed E-state index contributed by atoms with van der Waals surface area (Å²) in [6.07, 6.45) is 3.29. The van der Waals surface area contributed by atoms with Gasteiger partial charge in [0.05, 0.1) is 0 Å². The fourth-order valence-electron chi connectivity index (χ4n) is 2.11. The Morgan fingerprint density at radius 1 is 1.36 bits per heavy atom. The van der Waals surface area contributed by atoms with Crippen LogP contribution in [0.15, 0.2) is 50.8 Å². The molecule has 0 unspecified atom stereocenters. The molecule has 0 amide bonds. The second kappa shape index (κ2) is 7.75. The third-order valence-electron chi connectivity index (χ3n) is 3.11. The van der Waals surface area contributed by atoms with Gasteiger partial charge in [-0.25, -0.2) is 9.37 Å². The highest BCUT2D eigenvalue weighted by atomic mass is 32.2. The van der Waals surface area contributed by atoms with E-state index >= 15 is 0 Å². The number of benzene rings is 1. The molecule has 2 aromatic heterocycles. The van der Waals surface area contributed by atoms with E-state index in [1.54, 1.807) is 29.1 Å². The molecule has 0 fully saturated rings. The van der Waals surface area contributed by atoms with Crippen molar-refractivity contribution in [3.8, 4) is 0 Å². The zero-order valence-electron chi connectivity index (χ0n) is 13.6. The molecule has 6 nitrogen and oxygen atoms in total. The summed E-state index contributed by atoms with van der Waals surface area (Å²) in [4.78, 5) is 16.6. The van der Waals surface area contributed by atoms with E-state index in [1.165, 1.54) is 35.2 Å². The third-order valence-corrected chi connectivity index (χ3v) is 4.97. The summed E-state index contributed by atoms with van der Waals surface area (Å²) in [5.74, 6) is 0.0323. The molecule has 0 bridgehead atoms. The van der Waals surface area contributed by atoms with Gasteiger partial charge in [-0.3, -0.25) is 4.79 Å². The summed E-state index contributed by atoms with van der Waals surface area (Å²) in [6.45, 7) is 4.74. The van der Waals surface area contributed by atoms with Gasteiger partial charge in [-0.1, -0.05) is 31.3 Å². The number of anilines is 2. The van der Waals surface area contributed by atoms with Crippen LogP contribution in [0.2, 0.25) is 0 Å². The number of hydrogen-bond donors (Lipinski definition) is 1. The van der Waals surface area contributed by atoms with Crippen LogP contribution in [0, 0.1) is 11.7 Å². The summed E-state index contributed by atoms with van der Waals surface area (Å²) in [6, 6.07) is 6.09. The molecule has 0 spiro atoms. The second-order valence-electron chi connectivity index (χ2n) is 5.69.